The van der Waals surface area contributed by atoms with Crippen LogP contribution in [0.3, 0.4) is 0 Å². The third-order valence-electron chi connectivity index (χ3n) is 1.48. The van der Waals surface area contributed by atoms with Crippen molar-refractivity contribution in [1.82, 2.24) is 0 Å². The first-order chi connectivity index (χ1) is 5.06. The Hall–Kier alpha value is 1.22. The summed E-state index contributed by atoms with van der Waals surface area (Å²) in [7, 11) is 15.2. The summed E-state index contributed by atoms with van der Waals surface area (Å²) < 4.78 is 0. The Balaban J connectivity index is 3.02. The maximum absolute atomic E-state index is 5.66. The third kappa shape index (κ3) is 11.2. The molecule has 0 N–H and O–H groups in total. The molecule has 0 amide bonds. The van der Waals surface area contributed by atoms with Crippen molar-refractivity contribution in [2.24, 2.45) is 0 Å². The predicted octanol–water partition coefficient (Wildman–Crippen LogP) is 5.22. The van der Waals surface area contributed by atoms with Crippen LogP contribution >= 0.6 is 39.7 Å². The Labute approximate surface area is 84.4 Å². The number of unbranched alkanes of at least 4 members (excludes halogenated alkanes) is 4. The van der Waals surface area contributed by atoms with E-state index in [1.54, 1.807) is 0 Å². The molecule has 0 saturated heterocycles. The van der Waals surface area contributed by atoms with E-state index in [-0.39, 0.29) is 0 Å². The van der Waals surface area contributed by atoms with Gasteiger partial charge >= 0.3 is 0 Å². The first-order valence-corrected chi connectivity index (χ1v) is 8.24. The molecule has 4 heteroatoms. The average Bonchev–Trinajstić information content (AvgIpc) is 1.85. The minimum absolute atomic E-state index is 0.765. The lowest BCUT2D eigenvalue weighted by atomic mass is 10.2. The van der Waals surface area contributed by atoms with Crippen LogP contribution in [0.4, 0.5) is 0 Å². The molecule has 0 aromatic heterocycles. The Morgan fingerprint density at radius 2 is 1.45 bits per heavy atom. The standard InChI is InChI=1S/C7H15Cl3S/c1-2-3-4-5-6-7-11(8,9)10/h2-7H2,1H3. The highest BCUT2D eigenvalue weighted by Gasteiger charge is 2.11. The van der Waals surface area contributed by atoms with Gasteiger partial charge in [-0.1, -0.05) is 32.6 Å². The monoisotopic (exact) mass is 236 g/mol. The summed E-state index contributed by atoms with van der Waals surface area (Å²) in [6.45, 7) is 2.19. The van der Waals surface area contributed by atoms with Crippen LogP contribution in [0.2, 0.25) is 0 Å². The highest BCUT2D eigenvalue weighted by molar-refractivity contribution is 8.79. The van der Waals surface area contributed by atoms with Crippen LogP contribution in [0.25, 0.3) is 0 Å². The zero-order valence-corrected chi connectivity index (χ0v) is 9.87. The molecule has 0 saturated carbocycles. The van der Waals surface area contributed by atoms with Gasteiger partial charge in [-0.15, -0.1) is 0 Å². The van der Waals surface area contributed by atoms with Gasteiger partial charge in [0.15, 0.2) is 0 Å². The molecule has 70 valence electrons. The van der Waals surface area contributed by atoms with Crippen molar-refractivity contribution in [1.29, 1.82) is 0 Å². The van der Waals surface area contributed by atoms with Crippen LogP contribution in [0, 0.1) is 0 Å². The van der Waals surface area contributed by atoms with Gasteiger partial charge in [0.25, 0.3) is 0 Å². The predicted molar refractivity (Wildman–Crippen MR) is 58.8 cm³/mol. The summed E-state index contributed by atoms with van der Waals surface area (Å²) in [6, 6.07) is 0. The van der Waals surface area contributed by atoms with Gasteiger partial charge in [0, 0.05) is 5.75 Å². The highest BCUT2D eigenvalue weighted by Crippen LogP contribution is 2.63. The second-order valence-corrected chi connectivity index (χ2v) is 10.2. The fraction of sp³-hybridized carbons (Fsp3) is 1.00. The molecule has 0 spiro atoms. The lowest BCUT2D eigenvalue weighted by Gasteiger charge is -2.14. The van der Waals surface area contributed by atoms with Crippen LogP contribution in [-0.2, 0) is 0 Å². The second-order valence-electron chi connectivity index (χ2n) is 2.62. The van der Waals surface area contributed by atoms with Crippen LogP contribution in [-0.4, -0.2) is 5.75 Å². The molecule has 0 aromatic rings. The molecular weight excluding hydrogens is 223 g/mol. The van der Waals surface area contributed by atoms with E-state index in [1.165, 1.54) is 25.7 Å². The lowest BCUT2D eigenvalue weighted by molar-refractivity contribution is 0.659. The zero-order chi connectivity index (χ0) is 8.74. The molecule has 0 rings (SSSR count). The van der Waals surface area contributed by atoms with Gasteiger partial charge in [-0.05, 0) is 46.1 Å². The molecule has 0 aromatic carbocycles. The Kier molecular flexibility index (Phi) is 7.45. The SMILES string of the molecule is CCCCCCCS(Cl)(Cl)Cl. The van der Waals surface area contributed by atoms with Crippen LogP contribution in [0.5, 0.6) is 0 Å². The number of halogens is 3. The van der Waals surface area contributed by atoms with E-state index in [2.05, 4.69) is 6.92 Å². The van der Waals surface area contributed by atoms with E-state index in [0.717, 1.165) is 12.2 Å². The van der Waals surface area contributed by atoms with Gasteiger partial charge < -0.3 is 0 Å². The molecule has 0 heterocycles. The molecule has 0 aliphatic heterocycles. The minimum atomic E-state index is -1.79. The van der Waals surface area contributed by atoms with Crippen molar-refractivity contribution >= 4 is 39.7 Å². The molecule has 0 unspecified atom stereocenters. The van der Waals surface area contributed by atoms with Crippen LogP contribution in [0.15, 0.2) is 0 Å². The van der Waals surface area contributed by atoms with E-state index in [4.69, 9.17) is 32.0 Å². The van der Waals surface area contributed by atoms with Gasteiger partial charge in [-0.2, -0.15) is 0 Å². The maximum Gasteiger partial charge on any atom is 0.0164 e. The Morgan fingerprint density at radius 3 is 1.91 bits per heavy atom. The van der Waals surface area contributed by atoms with Crippen molar-refractivity contribution < 1.29 is 0 Å². The van der Waals surface area contributed by atoms with Crippen molar-refractivity contribution in [2.75, 3.05) is 5.75 Å². The van der Waals surface area contributed by atoms with Gasteiger partial charge in [0.05, 0.1) is 0 Å². The van der Waals surface area contributed by atoms with Crippen molar-refractivity contribution in [2.45, 2.75) is 39.0 Å². The van der Waals surface area contributed by atoms with E-state index < -0.39 is 7.67 Å². The Morgan fingerprint density at radius 1 is 0.909 bits per heavy atom. The van der Waals surface area contributed by atoms with Gasteiger partial charge in [-0.3, -0.25) is 0 Å². The zero-order valence-electron chi connectivity index (χ0n) is 6.78. The fourth-order valence-electron chi connectivity index (χ4n) is 0.869. The van der Waals surface area contributed by atoms with Gasteiger partial charge in [0.1, 0.15) is 0 Å². The van der Waals surface area contributed by atoms with E-state index in [0.29, 0.717) is 0 Å². The molecule has 0 aliphatic rings. The summed E-state index contributed by atoms with van der Waals surface area (Å²) in [6.07, 6.45) is 6.10. The normalized spacial score (nSPS) is 13.5. The third-order valence-corrected chi connectivity index (χ3v) is 3.62. The van der Waals surface area contributed by atoms with Crippen LogP contribution in [0.1, 0.15) is 39.0 Å². The summed E-state index contributed by atoms with van der Waals surface area (Å²) >= 11 is 0. The van der Waals surface area contributed by atoms with Crippen LogP contribution < -0.4 is 0 Å². The Bertz CT molecular complexity index is 90.2. The smallest absolute Gasteiger partial charge is 0.0164 e. The average molecular weight is 238 g/mol. The number of rotatable bonds is 6. The topological polar surface area (TPSA) is 0 Å². The maximum atomic E-state index is 5.66. The first-order valence-electron chi connectivity index (χ1n) is 3.96. The van der Waals surface area contributed by atoms with Gasteiger partial charge in [0.2, 0.25) is 0 Å². The molecule has 11 heavy (non-hydrogen) atoms. The summed E-state index contributed by atoms with van der Waals surface area (Å²) in [4.78, 5) is 0. The first kappa shape index (κ1) is 12.2. The number of hydrogen-bond acceptors (Lipinski definition) is 0. The minimum Gasteiger partial charge on any atom is -0.0654 e. The fourth-order valence-corrected chi connectivity index (χ4v) is 2.38. The molecule has 0 nitrogen and oxygen atoms in total. The van der Waals surface area contributed by atoms with E-state index in [9.17, 15) is 0 Å². The second kappa shape index (κ2) is 6.71. The summed E-state index contributed by atoms with van der Waals surface area (Å²) in [5.74, 6) is 0.765. The molecular formula is C7H15Cl3S. The van der Waals surface area contributed by atoms with Crippen molar-refractivity contribution in [3.8, 4) is 0 Å². The summed E-state index contributed by atoms with van der Waals surface area (Å²) in [5, 5.41) is 0. The number of hydrogen-bond donors (Lipinski definition) is 0. The molecule has 0 fully saturated rings. The molecule has 0 aliphatic carbocycles. The highest BCUT2D eigenvalue weighted by atomic mass is 36.2. The molecule has 0 bridgehead atoms. The molecule has 0 radical (unpaired) electrons. The summed E-state index contributed by atoms with van der Waals surface area (Å²) in [5.41, 5.74) is 0. The van der Waals surface area contributed by atoms with Crippen molar-refractivity contribution in [3.05, 3.63) is 0 Å². The van der Waals surface area contributed by atoms with E-state index in [1.807, 2.05) is 0 Å². The quantitative estimate of drug-likeness (QED) is 0.556. The van der Waals surface area contributed by atoms with Crippen molar-refractivity contribution in [3.63, 3.8) is 0 Å². The van der Waals surface area contributed by atoms with Gasteiger partial charge in [-0.25, -0.2) is 0 Å². The lowest BCUT2D eigenvalue weighted by Crippen LogP contribution is -1.84. The van der Waals surface area contributed by atoms with E-state index >= 15 is 0 Å². The largest absolute Gasteiger partial charge is 0.0654 e. The molecule has 0 atom stereocenters.